The molecule has 1 aromatic heterocycles. The number of halogens is 1. The van der Waals surface area contributed by atoms with Crippen molar-refractivity contribution in [2.45, 2.75) is 19.3 Å². The molecule has 1 aliphatic rings. The highest BCUT2D eigenvalue weighted by molar-refractivity contribution is 9.10. The minimum atomic E-state index is -0.132. The molecule has 3 nitrogen and oxygen atoms in total. The van der Waals surface area contributed by atoms with Gasteiger partial charge in [0.05, 0.1) is 17.7 Å². The van der Waals surface area contributed by atoms with E-state index in [4.69, 9.17) is 9.26 Å². The molecule has 1 aromatic rings. The van der Waals surface area contributed by atoms with E-state index in [-0.39, 0.29) is 5.41 Å². The van der Waals surface area contributed by atoms with Crippen LogP contribution in [-0.2, 0) is 9.94 Å². The van der Waals surface area contributed by atoms with E-state index in [1.54, 1.807) is 0 Å². The van der Waals surface area contributed by atoms with Crippen molar-refractivity contribution in [2.24, 2.45) is 0 Å². The second-order valence-electron chi connectivity index (χ2n) is 4.62. The molecule has 0 aromatic carbocycles. The van der Waals surface area contributed by atoms with Gasteiger partial charge in [-0.3, -0.25) is 0 Å². The number of pyridine rings is 1. The van der Waals surface area contributed by atoms with Gasteiger partial charge in [0, 0.05) is 15.0 Å². The van der Waals surface area contributed by atoms with Crippen LogP contribution >= 0.6 is 25.4 Å². The molecule has 0 bridgehead atoms. The molecule has 17 heavy (non-hydrogen) atoms. The van der Waals surface area contributed by atoms with Gasteiger partial charge < -0.3 is 9.26 Å². The Balaban J connectivity index is 2.54. The number of rotatable bonds is 3. The van der Waals surface area contributed by atoms with Crippen LogP contribution in [0.3, 0.4) is 0 Å². The van der Waals surface area contributed by atoms with E-state index >= 15 is 0 Å². The van der Waals surface area contributed by atoms with Crippen molar-refractivity contribution in [1.29, 1.82) is 0 Å². The van der Waals surface area contributed by atoms with Gasteiger partial charge in [-0.1, -0.05) is 6.58 Å². The van der Waals surface area contributed by atoms with Crippen molar-refractivity contribution < 1.29 is 9.26 Å². The summed E-state index contributed by atoms with van der Waals surface area (Å²) in [6.45, 7) is 9.20. The molecule has 92 valence electrons. The summed E-state index contributed by atoms with van der Waals surface area (Å²) in [6, 6.07) is 2.04. The maximum atomic E-state index is 5.70. The molecule has 2 heterocycles. The molecule has 0 aliphatic carbocycles. The van der Waals surface area contributed by atoms with E-state index < -0.39 is 0 Å². The van der Waals surface area contributed by atoms with E-state index in [0.717, 1.165) is 27.2 Å². The topological polar surface area (TPSA) is 31.4 Å². The fourth-order valence-corrected chi connectivity index (χ4v) is 2.81. The molecule has 0 N–H and O–H groups in total. The van der Waals surface area contributed by atoms with Crippen molar-refractivity contribution in [3.8, 4) is 5.75 Å². The van der Waals surface area contributed by atoms with Gasteiger partial charge >= 0.3 is 0 Å². The van der Waals surface area contributed by atoms with Crippen LogP contribution < -0.4 is 4.74 Å². The fourth-order valence-electron chi connectivity index (χ4n) is 1.92. The SMILES string of the molecule is C=C(C)c1cc2c(c(Br)n1)OC[C@]2(C)COP. The molecule has 0 spiro atoms. The highest BCUT2D eigenvalue weighted by Crippen LogP contribution is 2.43. The second-order valence-corrected chi connectivity index (χ2v) is 5.70. The number of aromatic nitrogens is 1. The van der Waals surface area contributed by atoms with Crippen LogP contribution in [0.5, 0.6) is 5.75 Å². The standard InChI is InChI=1S/C12H15BrNO2P/c1-7(2)9-4-8-10(11(13)14-9)15-5-12(8,3)6-16-17/h4H,1,5-6,17H2,2-3H3/t12-/m1/s1. The van der Waals surface area contributed by atoms with E-state index in [2.05, 4.69) is 43.9 Å². The van der Waals surface area contributed by atoms with Crippen LogP contribution in [0.4, 0.5) is 0 Å². The zero-order chi connectivity index (χ0) is 12.6. The number of fused-ring (bicyclic) bond motifs is 1. The van der Waals surface area contributed by atoms with E-state index in [1.807, 2.05) is 13.0 Å². The largest absolute Gasteiger partial charge is 0.489 e. The summed E-state index contributed by atoms with van der Waals surface area (Å²) in [5.74, 6) is 0.819. The van der Waals surface area contributed by atoms with E-state index in [0.29, 0.717) is 13.2 Å². The minimum Gasteiger partial charge on any atom is -0.489 e. The third-order valence-electron chi connectivity index (χ3n) is 2.96. The monoisotopic (exact) mass is 315 g/mol. The molecular weight excluding hydrogens is 301 g/mol. The lowest BCUT2D eigenvalue weighted by molar-refractivity contribution is 0.205. The van der Waals surface area contributed by atoms with Gasteiger partial charge in [0.2, 0.25) is 0 Å². The third-order valence-corrected chi connectivity index (χ3v) is 3.66. The number of allylic oxidation sites excluding steroid dienone is 1. The highest BCUT2D eigenvalue weighted by Gasteiger charge is 2.38. The van der Waals surface area contributed by atoms with Crippen molar-refractivity contribution >= 4 is 31.0 Å². The van der Waals surface area contributed by atoms with Crippen molar-refractivity contribution in [3.05, 3.63) is 28.5 Å². The van der Waals surface area contributed by atoms with Crippen LogP contribution in [0.1, 0.15) is 25.1 Å². The van der Waals surface area contributed by atoms with Crippen LogP contribution in [0.15, 0.2) is 17.2 Å². The average molecular weight is 316 g/mol. The molecule has 2 rings (SSSR count). The molecule has 0 saturated heterocycles. The molecule has 2 atom stereocenters. The lowest BCUT2D eigenvalue weighted by Gasteiger charge is -2.21. The quantitative estimate of drug-likeness (QED) is 0.633. The maximum Gasteiger partial charge on any atom is 0.156 e. The Kier molecular flexibility index (Phi) is 3.58. The smallest absolute Gasteiger partial charge is 0.156 e. The lowest BCUT2D eigenvalue weighted by atomic mass is 9.85. The van der Waals surface area contributed by atoms with Gasteiger partial charge in [-0.2, -0.15) is 0 Å². The number of nitrogens with zero attached hydrogens (tertiary/aromatic N) is 1. The third kappa shape index (κ3) is 2.26. The fraction of sp³-hybridized carbons (Fsp3) is 0.417. The summed E-state index contributed by atoms with van der Waals surface area (Å²) in [6.07, 6.45) is 0. The summed E-state index contributed by atoms with van der Waals surface area (Å²) < 4.78 is 11.6. The highest BCUT2D eigenvalue weighted by atomic mass is 79.9. The molecular formula is C12H15BrNO2P. The molecule has 0 radical (unpaired) electrons. The Labute approximate surface area is 112 Å². The zero-order valence-electron chi connectivity index (χ0n) is 9.92. The van der Waals surface area contributed by atoms with Gasteiger partial charge in [0.1, 0.15) is 11.2 Å². The molecule has 0 amide bonds. The molecule has 1 aliphatic heterocycles. The first-order valence-corrected chi connectivity index (χ1v) is 6.56. The molecule has 1 unspecified atom stereocenters. The molecule has 0 fully saturated rings. The zero-order valence-corrected chi connectivity index (χ0v) is 12.7. The maximum absolute atomic E-state index is 5.70. The first-order chi connectivity index (χ1) is 7.98. The number of hydrogen-bond acceptors (Lipinski definition) is 3. The average Bonchev–Trinajstić information content (AvgIpc) is 2.57. The normalized spacial score (nSPS) is 22.1. The Bertz CT molecular complexity index is 478. The molecule has 5 heteroatoms. The summed E-state index contributed by atoms with van der Waals surface area (Å²) >= 11 is 3.45. The Hall–Kier alpha value is -0.440. The van der Waals surface area contributed by atoms with Crippen molar-refractivity contribution in [1.82, 2.24) is 4.98 Å². The molecule has 0 saturated carbocycles. The van der Waals surface area contributed by atoms with Crippen LogP contribution in [0, 0.1) is 0 Å². The predicted octanol–water partition coefficient (Wildman–Crippen LogP) is 3.33. The van der Waals surface area contributed by atoms with Gasteiger partial charge in [-0.25, -0.2) is 4.98 Å². The Morgan fingerprint density at radius 2 is 2.47 bits per heavy atom. The summed E-state index contributed by atoms with van der Waals surface area (Å²) in [5.41, 5.74) is 2.82. The number of hydrogen-bond donors (Lipinski definition) is 0. The van der Waals surface area contributed by atoms with E-state index in [1.165, 1.54) is 0 Å². The summed E-state index contributed by atoms with van der Waals surface area (Å²) in [4.78, 5) is 4.42. The first-order valence-electron chi connectivity index (χ1n) is 5.29. The van der Waals surface area contributed by atoms with Crippen LogP contribution in [0.25, 0.3) is 5.57 Å². The minimum absolute atomic E-state index is 0.132. The van der Waals surface area contributed by atoms with E-state index in [9.17, 15) is 0 Å². The first kappa shape index (κ1) is 13.0. The van der Waals surface area contributed by atoms with Crippen molar-refractivity contribution in [2.75, 3.05) is 13.2 Å². The summed E-state index contributed by atoms with van der Waals surface area (Å²) in [5, 5.41) is 0. The summed E-state index contributed by atoms with van der Waals surface area (Å²) in [7, 11) is 2.29. The van der Waals surface area contributed by atoms with Crippen LogP contribution in [0.2, 0.25) is 0 Å². The predicted molar refractivity (Wildman–Crippen MR) is 75.2 cm³/mol. The lowest BCUT2D eigenvalue weighted by Crippen LogP contribution is -2.28. The Morgan fingerprint density at radius 1 is 1.76 bits per heavy atom. The van der Waals surface area contributed by atoms with Gasteiger partial charge in [0.15, 0.2) is 5.75 Å². The number of ether oxygens (including phenoxy) is 1. The van der Waals surface area contributed by atoms with Gasteiger partial charge in [0.25, 0.3) is 0 Å². The Morgan fingerprint density at radius 3 is 3.06 bits per heavy atom. The van der Waals surface area contributed by atoms with Gasteiger partial charge in [-0.05, 0) is 41.4 Å². The van der Waals surface area contributed by atoms with Crippen molar-refractivity contribution in [3.63, 3.8) is 0 Å². The van der Waals surface area contributed by atoms with Gasteiger partial charge in [-0.15, -0.1) is 0 Å². The van der Waals surface area contributed by atoms with Crippen LogP contribution in [-0.4, -0.2) is 18.2 Å². The second kappa shape index (κ2) is 4.68.